The summed E-state index contributed by atoms with van der Waals surface area (Å²) in [5.41, 5.74) is 2.23. The minimum Gasteiger partial charge on any atom is -0.346 e. The highest BCUT2D eigenvalue weighted by Gasteiger charge is 2.11. The van der Waals surface area contributed by atoms with E-state index in [2.05, 4.69) is 26.2 Å². The molecule has 0 fully saturated rings. The van der Waals surface area contributed by atoms with Crippen molar-refractivity contribution in [2.45, 2.75) is 13.5 Å². The molecule has 1 heterocycles. The molecule has 0 bridgehead atoms. The van der Waals surface area contributed by atoms with Crippen molar-refractivity contribution in [1.82, 2.24) is 10.3 Å². The fourth-order valence-electron chi connectivity index (χ4n) is 1.64. The normalized spacial score (nSPS) is 10.3. The van der Waals surface area contributed by atoms with Crippen LogP contribution in [0.2, 0.25) is 0 Å². The van der Waals surface area contributed by atoms with Gasteiger partial charge in [0, 0.05) is 10.7 Å². The number of rotatable bonds is 3. The van der Waals surface area contributed by atoms with Gasteiger partial charge in [0.15, 0.2) is 0 Å². The molecular formula is C14H12BrFN2O. The molecule has 0 radical (unpaired) electrons. The molecule has 1 amide bonds. The van der Waals surface area contributed by atoms with Crippen molar-refractivity contribution < 1.29 is 9.18 Å². The number of hydrogen-bond donors (Lipinski definition) is 1. The molecule has 0 saturated carbocycles. The van der Waals surface area contributed by atoms with Gasteiger partial charge in [0.05, 0.1) is 17.8 Å². The number of pyridine rings is 1. The molecule has 1 N–H and O–H groups in total. The average molecular weight is 323 g/mol. The summed E-state index contributed by atoms with van der Waals surface area (Å²) < 4.78 is 13.4. The second kappa shape index (κ2) is 5.93. The third kappa shape index (κ3) is 3.38. The quantitative estimate of drug-likeness (QED) is 0.942. The molecule has 98 valence electrons. The minimum atomic E-state index is -0.385. The van der Waals surface area contributed by atoms with E-state index < -0.39 is 0 Å². The Labute approximate surface area is 119 Å². The van der Waals surface area contributed by atoms with Gasteiger partial charge in [-0.3, -0.25) is 9.78 Å². The van der Waals surface area contributed by atoms with E-state index in [-0.39, 0.29) is 11.7 Å². The van der Waals surface area contributed by atoms with Gasteiger partial charge in [-0.15, -0.1) is 0 Å². The number of hydrogen-bond acceptors (Lipinski definition) is 2. The van der Waals surface area contributed by atoms with Crippen LogP contribution >= 0.6 is 15.9 Å². The van der Waals surface area contributed by atoms with Crippen LogP contribution in [0.1, 0.15) is 21.6 Å². The van der Waals surface area contributed by atoms with Crippen LogP contribution in [0.3, 0.4) is 0 Å². The Kier molecular flexibility index (Phi) is 4.27. The molecule has 1 aromatic carbocycles. The summed E-state index contributed by atoms with van der Waals surface area (Å²) in [4.78, 5) is 16.2. The Morgan fingerprint density at radius 2 is 2.21 bits per heavy atom. The Hall–Kier alpha value is -1.75. The predicted octanol–water partition coefficient (Wildman–Crippen LogP) is 3.22. The summed E-state index contributed by atoms with van der Waals surface area (Å²) in [6, 6.07) is 7.74. The molecule has 0 saturated heterocycles. The molecule has 1 aromatic heterocycles. The van der Waals surface area contributed by atoms with Crippen molar-refractivity contribution in [2.24, 2.45) is 0 Å². The van der Waals surface area contributed by atoms with Gasteiger partial charge in [0.1, 0.15) is 5.82 Å². The van der Waals surface area contributed by atoms with Crippen molar-refractivity contribution in [2.75, 3.05) is 0 Å². The summed E-state index contributed by atoms with van der Waals surface area (Å²) >= 11 is 3.17. The first-order valence-electron chi connectivity index (χ1n) is 5.71. The van der Waals surface area contributed by atoms with E-state index in [1.807, 2.05) is 19.1 Å². The Morgan fingerprint density at radius 3 is 2.89 bits per heavy atom. The van der Waals surface area contributed by atoms with Crippen molar-refractivity contribution in [3.8, 4) is 0 Å². The summed E-state index contributed by atoms with van der Waals surface area (Å²) in [5.74, 6) is -0.652. The lowest BCUT2D eigenvalue weighted by atomic mass is 10.2. The number of aromatic nitrogens is 1. The highest BCUT2D eigenvalue weighted by molar-refractivity contribution is 9.10. The van der Waals surface area contributed by atoms with Crippen LogP contribution in [0.4, 0.5) is 4.39 Å². The largest absolute Gasteiger partial charge is 0.346 e. The minimum absolute atomic E-state index is 0.267. The zero-order chi connectivity index (χ0) is 13.8. The summed E-state index contributed by atoms with van der Waals surface area (Å²) in [7, 11) is 0. The molecule has 0 aliphatic heterocycles. The molecule has 0 atom stereocenters. The van der Waals surface area contributed by atoms with Gasteiger partial charge in [0.2, 0.25) is 0 Å². The van der Waals surface area contributed by atoms with Gasteiger partial charge >= 0.3 is 0 Å². The number of carbonyl (C=O) groups excluding carboxylic acids is 1. The monoisotopic (exact) mass is 322 g/mol. The van der Waals surface area contributed by atoms with Crippen LogP contribution in [0.5, 0.6) is 0 Å². The van der Waals surface area contributed by atoms with Gasteiger partial charge < -0.3 is 5.32 Å². The first kappa shape index (κ1) is 13.7. The number of nitrogens with zero attached hydrogens (tertiary/aromatic N) is 1. The fourth-order valence-corrected chi connectivity index (χ4v) is 2.17. The third-order valence-corrected chi connectivity index (χ3v) is 3.37. The maximum atomic E-state index is 12.9. The molecular weight excluding hydrogens is 311 g/mol. The first-order valence-corrected chi connectivity index (χ1v) is 6.51. The number of amides is 1. The van der Waals surface area contributed by atoms with E-state index in [9.17, 15) is 9.18 Å². The third-order valence-electron chi connectivity index (χ3n) is 2.71. The summed E-state index contributed by atoms with van der Waals surface area (Å²) in [6.45, 7) is 2.28. The van der Waals surface area contributed by atoms with Crippen LogP contribution in [0, 0.1) is 12.7 Å². The SMILES string of the molecule is Cc1cccnc1CNC(=O)c1ccc(F)cc1Br. The Bertz CT molecular complexity index is 616. The van der Waals surface area contributed by atoms with Crippen LogP contribution < -0.4 is 5.32 Å². The molecule has 3 nitrogen and oxygen atoms in total. The van der Waals surface area contributed by atoms with Crippen LogP contribution in [0.15, 0.2) is 41.0 Å². The van der Waals surface area contributed by atoms with E-state index in [0.29, 0.717) is 16.6 Å². The number of halogens is 2. The highest BCUT2D eigenvalue weighted by atomic mass is 79.9. The van der Waals surface area contributed by atoms with Gasteiger partial charge in [0.25, 0.3) is 5.91 Å². The topological polar surface area (TPSA) is 42.0 Å². The van der Waals surface area contributed by atoms with Crippen molar-refractivity contribution in [1.29, 1.82) is 0 Å². The zero-order valence-electron chi connectivity index (χ0n) is 10.3. The van der Waals surface area contributed by atoms with Crippen LogP contribution in [-0.4, -0.2) is 10.9 Å². The van der Waals surface area contributed by atoms with Crippen molar-refractivity contribution >= 4 is 21.8 Å². The lowest BCUT2D eigenvalue weighted by Gasteiger charge is -2.08. The number of carbonyl (C=O) groups is 1. The predicted molar refractivity (Wildman–Crippen MR) is 74.2 cm³/mol. The Balaban J connectivity index is 2.08. The number of nitrogens with one attached hydrogen (secondary N) is 1. The van der Waals surface area contributed by atoms with Crippen molar-refractivity contribution in [3.63, 3.8) is 0 Å². The molecule has 19 heavy (non-hydrogen) atoms. The van der Waals surface area contributed by atoms with Crippen LogP contribution in [0.25, 0.3) is 0 Å². The molecule has 0 aliphatic rings. The van der Waals surface area contributed by atoms with E-state index >= 15 is 0 Å². The maximum absolute atomic E-state index is 12.9. The van der Waals surface area contributed by atoms with Gasteiger partial charge in [-0.1, -0.05) is 6.07 Å². The van der Waals surface area contributed by atoms with Gasteiger partial charge in [-0.05, 0) is 52.7 Å². The zero-order valence-corrected chi connectivity index (χ0v) is 11.9. The summed E-state index contributed by atoms with van der Waals surface area (Å²) in [6.07, 6.45) is 1.68. The molecule has 0 unspecified atom stereocenters. The van der Waals surface area contributed by atoms with E-state index in [0.717, 1.165) is 11.3 Å². The lowest BCUT2D eigenvalue weighted by Crippen LogP contribution is -2.24. The Morgan fingerprint density at radius 1 is 1.42 bits per heavy atom. The van der Waals surface area contributed by atoms with Gasteiger partial charge in [-0.25, -0.2) is 4.39 Å². The summed E-state index contributed by atoms with van der Waals surface area (Å²) in [5, 5.41) is 2.76. The average Bonchev–Trinajstić information content (AvgIpc) is 2.37. The van der Waals surface area contributed by atoms with E-state index in [4.69, 9.17) is 0 Å². The van der Waals surface area contributed by atoms with Crippen LogP contribution in [-0.2, 0) is 6.54 Å². The molecule has 0 aliphatic carbocycles. The molecule has 2 rings (SSSR count). The first-order chi connectivity index (χ1) is 9.08. The maximum Gasteiger partial charge on any atom is 0.252 e. The van der Waals surface area contributed by atoms with Gasteiger partial charge in [-0.2, -0.15) is 0 Å². The highest BCUT2D eigenvalue weighted by Crippen LogP contribution is 2.18. The standard InChI is InChI=1S/C14H12BrFN2O/c1-9-3-2-6-17-13(9)8-18-14(19)11-5-4-10(16)7-12(11)15/h2-7H,8H2,1H3,(H,18,19). The molecule has 5 heteroatoms. The number of benzene rings is 1. The molecule has 0 spiro atoms. The van der Waals surface area contributed by atoms with Crippen molar-refractivity contribution in [3.05, 3.63) is 63.6 Å². The van der Waals surface area contributed by atoms with E-state index in [1.165, 1.54) is 18.2 Å². The molecule has 2 aromatic rings. The smallest absolute Gasteiger partial charge is 0.252 e. The van der Waals surface area contributed by atoms with E-state index in [1.54, 1.807) is 6.20 Å². The number of aryl methyl sites for hydroxylation is 1. The fraction of sp³-hybridized carbons (Fsp3) is 0.143. The lowest BCUT2D eigenvalue weighted by molar-refractivity contribution is 0.0949. The second-order valence-electron chi connectivity index (χ2n) is 4.07. The second-order valence-corrected chi connectivity index (χ2v) is 4.93.